The maximum Gasteiger partial charge on any atom is 0.264 e. The monoisotopic (exact) mass is 533 g/mol. The summed E-state index contributed by atoms with van der Waals surface area (Å²) in [4.78, 5) is 26.7. The molecule has 38 heavy (non-hydrogen) atoms. The van der Waals surface area contributed by atoms with Gasteiger partial charge in [0.1, 0.15) is 5.75 Å². The number of fused-ring (bicyclic) bond motifs is 1. The minimum Gasteiger partial charge on any atom is -0.484 e. The van der Waals surface area contributed by atoms with Gasteiger partial charge in [-0.3, -0.25) is 13.9 Å². The number of amides is 2. The van der Waals surface area contributed by atoms with Crippen molar-refractivity contribution in [2.24, 2.45) is 0 Å². The van der Waals surface area contributed by atoms with Gasteiger partial charge in [0, 0.05) is 25.3 Å². The number of rotatable bonds is 8. The van der Waals surface area contributed by atoms with Gasteiger partial charge in [0.15, 0.2) is 6.61 Å². The number of aryl methyl sites for hydroxylation is 1. The normalized spacial score (nSPS) is 15.2. The highest BCUT2D eigenvalue weighted by atomic mass is 32.2. The van der Waals surface area contributed by atoms with Crippen LogP contribution in [-0.2, 0) is 32.5 Å². The molecule has 0 bridgehead atoms. The maximum atomic E-state index is 13.3. The molecule has 9 heteroatoms. The summed E-state index contributed by atoms with van der Waals surface area (Å²) >= 11 is 0. The third kappa shape index (κ3) is 5.83. The van der Waals surface area contributed by atoms with E-state index in [1.807, 2.05) is 41.3 Å². The second-order valence-electron chi connectivity index (χ2n) is 9.58. The molecule has 1 saturated heterocycles. The molecule has 0 aliphatic carbocycles. The average Bonchev–Trinajstić information content (AvgIpc) is 3.48. The van der Waals surface area contributed by atoms with E-state index < -0.39 is 10.0 Å². The lowest BCUT2D eigenvalue weighted by Gasteiger charge is -2.30. The fourth-order valence-electron chi connectivity index (χ4n) is 4.89. The molecular weight excluding hydrogens is 502 g/mol. The number of carbonyl (C=O) groups excluding carboxylic acids is 2. The Morgan fingerprint density at radius 2 is 1.55 bits per heavy atom. The average molecular weight is 534 g/mol. The number of likely N-dealkylation sites (tertiary alicyclic amines) is 1. The second-order valence-corrected chi connectivity index (χ2v) is 11.4. The molecule has 2 aliphatic rings. The molecular formula is C29H31N3O5S. The Balaban J connectivity index is 1.13. The van der Waals surface area contributed by atoms with Gasteiger partial charge < -0.3 is 15.0 Å². The number of anilines is 2. The molecule has 198 valence electrons. The van der Waals surface area contributed by atoms with Crippen LogP contribution in [-0.4, -0.2) is 51.4 Å². The number of benzene rings is 3. The van der Waals surface area contributed by atoms with Crippen LogP contribution in [0.2, 0.25) is 0 Å². The minimum absolute atomic E-state index is 0.132. The van der Waals surface area contributed by atoms with Crippen molar-refractivity contribution in [1.29, 1.82) is 0 Å². The van der Waals surface area contributed by atoms with Crippen LogP contribution in [0, 0.1) is 0 Å². The van der Waals surface area contributed by atoms with Crippen molar-refractivity contribution in [3.63, 3.8) is 0 Å². The van der Waals surface area contributed by atoms with E-state index >= 15 is 0 Å². The molecule has 1 fully saturated rings. The Kier molecular flexibility index (Phi) is 7.64. The second kappa shape index (κ2) is 11.3. The van der Waals surface area contributed by atoms with Crippen LogP contribution in [0.15, 0.2) is 77.7 Å². The zero-order chi connectivity index (χ0) is 26.5. The smallest absolute Gasteiger partial charge is 0.264 e. The van der Waals surface area contributed by atoms with E-state index in [4.69, 9.17) is 4.74 Å². The van der Waals surface area contributed by atoms with Crippen molar-refractivity contribution in [2.45, 2.75) is 37.0 Å². The largest absolute Gasteiger partial charge is 0.484 e. The van der Waals surface area contributed by atoms with Gasteiger partial charge in [-0.2, -0.15) is 0 Å². The van der Waals surface area contributed by atoms with E-state index in [1.54, 1.807) is 24.3 Å². The molecule has 8 nitrogen and oxygen atoms in total. The molecule has 0 unspecified atom stereocenters. The van der Waals surface area contributed by atoms with Gasteiger partial charge in [-0.15, -0.1) is 0 Å². The number of nitrogens with zero attached hydrogens (tertiary/aromatic N) is 2. The van der Waals surface area contributed by atoms with Gasteiger partial charge in [-0.25, -0.2) is 8.42 Å². The third-order valence-corrected chi connectivity index (χ3v) is 8.73. The van der Waals surface area contributed by atoms with Crippen molar-refractivity contribution < 1.29 is 22.7 Å². The zero-order valence-corrected chi connectivity index (χ0v) is 22.0. The lowest BCUT2D eigenvalue weighted by molar-refractivity contribution is -0.129. The number of hydrogen-bond donors (Lipinski definition) is 1. The molecule has 0 saturated carbocycles. The Labute approximate surface area is 223 Å². The first-order chi connectivity index (χ1) is 18.4. The zero-order valence-electron chi connectivity index (χ0n) is 21.1. The summed E-state index contributed by atoms with van der Waals surface area (Å²) in [5, 5.41) is 2.77. The van der Waals surface area contributed by atoms with Gasteiger partial charge in [-0.05, 0) is 79.3 Å². The van der Waals surface area contributed by atoms with Crippen LogP contribution < -0.4 is 14.4 Å². The SMILES string of the molecule is O=C(COc1ccc(S(=O)(=O)N2CCCc3ccccc32)cc1)Nc1ccc(CC(=O)N2CCCC2)cc1. The number of hydrogen-bond acceptors (Lipinski definition) is 5. The first kappa shape index (κ1) is 25.8. The summed E-state index contributed by atoms with van der Waals surface area (Å²) in [5.41, 5.74) is 3.26. The van der Waals surface area contributed by atoms with Crippen LogP contribution in [0.3, 0.4) is 0 Å². The fraction of sp³-hybridized carbons (Fsp3) is 0.310. The Morgan fingerprint density at radius 1 is 0.842 bits per heavy atom. The van der Waals surface area contributed by atoms with Crippen molar-refractivity contribution in [3.05, 3.63) is 83.9 Å². The van der Waals surface area contributed by atoms with Crippen molar-refractivity contribution >= 4 is 33.2 Å². The topological polar surface area (TPSA) is 96.0 Å². The van der Waals surface area contributed by atoms with Crippen molar-refractivity contribution in [1.82, 2.24) is 4.90 Å². The minimum atomic E-state index is -3.71. The molecule has 0 atom stereocenters. The van der Waals surface area contributed by atoms with Gasteiger partial charge in [0.05, 0.1) is 17.0 Å². The van der Waals surface area contributed by atoms with E-state index in [1.165, 1.54) is 16.4 Å². The first-order valence-electron chi connectivity index (χ1n) is 12.9. The number of nitrogens with one attached hydrogen (secondary N) is 1. The number of ether oxygens (including phenoxy) is 1. The van der Waals surface area contributed by atoms with E-state index in [0.717, 1.165) is 55.6 Å². The van der Waals surface area contributed by atoms with Crippen LogP contribution >= 0.6 is 0 Å². The highest BCUT2D eigenvalue weighted by Gasteiger charge is 2.28. The lowest BCUT2D eigenvalue weighted by atomic mass is 10.0. The summed E-state index contributed by atoms with van der Waals surface area (Å²) in [5.74, 6) is 0.189. The highest BCUT2D eigenvalue weighted by molar-refractivity contribution is 7.92. The van der Waals surface area contributed by atoms with E-state index in [9.17, 15) is 18.0 Å². The van der Waals surface area contributed by atoms with Gasteiger partial charge >= 0.3 is 0 Å². The van der Waals surface area contributed by atoms with Gasteiger partial charge in [0.25, 0.3) is 15.9 Å². The Hall–Kier alpha value is -3.85. The number of para-hydroxylation sites is 1. The van der Waals surface area contributed by atoms with Crippen LogP contribution in [0.25, 0.3) is 0 Å². The number of sulfonamides is 1. The van der Waals surface area contributed by atoms with Crippen LogP contribution in [0.1, 0.15) is 30.4 Å². The van der Waals surface area contributed by atoms with Gasteiger partial charge in [-0.1, -0.05) is 30.3 Å². The molecule has 0 aromatic heterocycles. The highest BCUT2D eigenvalue weighted by Crippen LogP contribution is 2.32. The summed E-state index contributed by atoms with van der Waals surface area (Å²) in [6.07, 6.45) is 4.12. The van der Waals surface area contributed by atoms with Crippen molar-refractivity contribution in [3.8, 4) is 5.75 Å². The van der Waals surface area contributed by atoms with Crippen LogP contribution in [0.5, 0.6) is 5.75 Å². The molecule has 1 N–H and O–H groups in total. The van der Waals surface area contributed by atoms with Gasteiger partial charge in [0.2, 0.25) is 5.91 Å². The molecule has 2 aliphatic heterocycles. The lowest BCUT2D eigenvalue weighted by Crippen LogP contribution is -2.35. The quantitative estimate of drug-likeness (QED) is 0.472. The fourth-order valence-corrected chi connectivity index (χ4v) is 6.43. The maximum absolute atomic E-state index is 13.3. The molecule has 3 aromatic carbocycles. The predicted molar refractivity (Wildman–Crippen MR) is 146 cm³/mol. The summed E-state index contributed by atoms with van der Waals surface area (Å²) in [6.45, 7) is 1.88. The molecule has 0 radical (unpaired) electrons. The molecule has 2 amide bonds. The van der Waals surface area contributed by atoms with Crippen molar-refractivity contribution in [2.75, 3.05) is 35.9 Å². The molecule has 2 heterocycles. The Morgan fingerprint density at radius 3 is 2.29 bits per heavy atom. The van der Waals surface area contributed by atoms with E-state index in [-0.39, 0.29) is 23.3 Å². The summed E-state index contributed by atoms with van der Waals surface area (Å²) < 4.78 is 33.6. The van der Waals surface area contributed by atoms with E-state index in [2.05, 4.69) is 5.32 Å². The molecule has 0 spiro atoms. The van der Waals surface area contributed by atoms with E-state index in [0.29, 0.717) is 24.4 Å². The molecule has 3 aromatic rings. The number of carbonyl (C=O) groups is 2. The standard InChI is InChI=1S/C29H31N3O5S/c33-28(30-24-11-9-22(10-12-24)20-29(34)31-17-3-4-18-31)21-37-25-13-15-26(16-14-25)38(35,36)32-19-5-7-23-6-1-2-8-27(23)32/h1-2,6,8-16H,3-5,7,17-21H2,(H,30,33). The third-order valence-electron chi connectivity index (χ3n) is 6.90. The summed E-state index contributed by atoms with van der Waals surface area (Å²) in [6, 6.07) is 20.9. The first-order valence-corrected chi connectivity index (χ1v) is 14.3. The predicted octanol–water partition coefficient (Wildman–Crippen LogP) is 4.01. The molecule has 5 rings (SSSR count). The van der Waals surface area contributed by atoms with Crippen LogP contribution in [0.4, 0.5) is 11.4 Å². The Bertz CT molecular complexity index is 1400. The summed E-state index contributed by atoms with van der Waals surface area (Å²) in [7, 11) is -3.71.